The van der Waals surface area contributed by atoms with Gasteiger partial charge in [0.25, 0.3) is 5.91 Å². The van der Waals surface area contributed by atoms with Gasteiger partial charge in [-0.15, -0.1) is 0 Å². The van der Waals surface area contributed by atoms with Crippen LogP contribution in [0.3, 0.4) is 0 Å². The summed E-state index contributed by atoms with van der Waals surface area (Å²) in [6, 6.07) is 6.03. The van der Waals surface area contributed by atoms with Crippen molar-refractivity contribution in [2.75, 3.05) is 30.0 Å². The Morgan fingerprint density at radius 2 is 1.95 bits per heavy atom. The number of nitrogens with one attached hydrogen (secondary N) is 1. The molecule has 0 radical (unpaired) electrons. The molecule has 2 amide bonds. The van der Waals surface area contributed by atoms with Crippen molar-refractivity contribution < 1.29 is 31.9 Å². The number of pyridine rings is 2. The summed E-state index contributed by atoms with van der Waals surface area (Å²) in [4.78, 5) is 36.0. The van der Waals surface area contributed by atoms with E-state index >= 15 is 0 Å². The quantitative estimate of drug-likeness (QED) is 0.412. The molecule has 1 atom stereocenters. The summed E-state index contributed by atoms with van der Waals surface area (Å²) in [7, 11) is 0. The molecule has 11 heteroatoms. The highest BCUT2D eigenvalue weighted by Crippen LogP contribution is 2.35. The van der Waals surface area contributed by atoms with E-state index in [2.05, 4.69) is 15.3 Å². The van der Waals surface area contributed by atoms with Gasteiger partial charge in [0.2, 0.25) is 5.91 Å². The fourth-order valence-corrected chi connectivity index (χ4v) is 4.44. The normalized spacial score (nSPS) is 15.4. The summed E-state index contributed by atoms with van der Waals surface area (Å²) in [5.41, 5.74) is 0.676. The lowest BCUT2D eigenvalue weighted by Crippen LogP contribution is -2.43. The molecule has 0 bridgehead atoms. The molecule has 3 aromatic rings. The lowest BCUT2D eigenvalue weighted by molar-refractivity contribution is -0.140. The van der Waals surface area contributed by atoms with Crippen molar-refractivity contribution in [1.82, 2.24) is 9.97 Å². The Balaban J connectivity index is 1.64. The van der Waals surface area contributed by atoms with E-state index in [1.165, 1.54) is 6.20 Å². The molecule has 3 heterocycles. The maximum Gasteiger partial charge on any atom is 0.419 e. The molecule has 38 heavy (non-hydrogen) atoms. The molecule has 1 aliphatic heterocycles. The molecule has 0 saturated heterocycles. The molecule has 2 aromatic heterocycles. The number of alkyl halides is 3. The Labute approximate surface area is 216 Å². The predicted molar refractivity (Wildman–Crippen MR) is 133 cm³/mol. The molecule has 4 rings (SSSR count). The predicted octanol–water partition coefficient (Wildman–Crippen LogP) is 5.42. The van der Waals surface area contributed by atoms with Crippen LogP contribution in [0.25, 0.3) is 11.1 Å². The van der Waals surface area contributed by atoms with Crippen LogP contribution in [0.5, 0.6) is 0 Å². The van der Waals surface area contributed by atoms with E-state index < -0.39 is 29.0 Å². The van der Waals surface area contributed by atoms with Gasteiger partial charge in [-0.25, -0.2) is 9.37 Å². The fourth-order valence-electron chi connectivity index (χ4n) is 4.44. The minimum atomic E-state index is -4.93. The molecule has 0 spiro atoms. The zero-order valence-electron chi connectivity index (χ0n) is 21.0. The smallest absolute Gasteiger partial charge is 0.381 e. The number of ether oxygens (including phenoxy) is 1. The van der Waals surface area contributed by atoms with Crippen LogP contribution >= 0.6 is 0 Å². The van der Waals surface area contributed by atoms with Crippen molar-refractivity contribution in [2.24, 2.45) is 5.92 Å². The third-order valence-corrected chi connectivity index (χ3v) is 6.32. The van der Waals surface area contributed by atoms with Crippen LogP contribution in [0.15, 0.2) is 42.7 Å². The zero-order chi connectivity index (χ0) is 27.6. The van der Waals surface area contributed by atoms with Crippen LogP contribution in [0.1, 0.15) is 41.0 Å². The molecule has 1 unspecified atom stereocenters. The summed E-state index contributed by atoms with van der Waals surface area (Å²) in [6.07, 6.45) is -1.55. The summed E-state index contributed by atoms with van der Waals surface area (Å²) in [6.45, 7) is 6.73. The summed E-state index contributed by atoms with van der Waals surface area (Å²) < 4.78 is 59.1. The van der Waals surface area contributed by atoms with Crippen molar-refractivity contribution >= 4 is 23.3 Å². The second kappa shape index (κ2) is 10.9. The van der Waals surface area contributed by atoms with Gasteiger partial charge in [0.1, 0.15) is 11.6 Å². The van der Waals surface area contributed by atoms with E-state index in [0.717, 1.165) is 17.7 Å². The molecule has 200 valence electrons. The van der Waals surface area contributed by atoms with Gasteiger partial charge >= 0.3 is 6.18 Å². The Hall–Kier alpha value is -3.86. The third kappa shape index (κ3) is 5.38. The molecule has 0 aliphatic carbocycles. The minimum Gasteiger partial charge on any atom is -0.381 e. The van der Waals surface area contributed by atoms with Gasteiger partial charge in [-0.1, -0.05) is 6.07 Å². The number of hydrogen-bond acceptors (Lipinski definition) is 5. The van der Waals surface area contributed by atoms with Crippen molar-refractivity contribution in [3.8, 4) is 11.1 Å². The lowest BCUT2D eigenvalue weighted by atomic mass is 9.92. The van der Waals surface area contributed by atoms with Crippen LogP contribution in [0.2, 0.25) is 0 Å². The van der Waals surface area contributed by atoms with Crippen molar-refractivity contribution in [1.29, 1.82) is 0 Å². The van der Waals surface area contributed by atoms with Crippen LogP contribution < -0.4 is 10.2 Å². The highest BCUT2D eigenvalue weighted by Gasteiger charge is 2.36. The molecule has 1 N–H and O–H groups in total. The number of rotatable bonds is 7. The third-order valence-electron chi connectivity index (χ3n) is 6.32. The fraction of sp³-hybridized carbons (Fsp3) is 0.333. The Bertz CT molecular complexity index is 1380. The highest BCUT2D eigenvalue weighted by molar-refractivity contribution is 6.05. The first-order chi connectivity index (χ1) is 18.0. The number of amides is 2. The summed E-state index contributed by atoms with van der Waals surface area (Å²) in [5.74, 6) is -2.49. The number of anilines is 2. The van der Waals surface area contributed by atoms with Crippen LogP contribution in [-0.2, 0) is 22.1 Å². The molecule has 1 aliphatic rings. The standard InChI is InChI=1S/C27H26F4N4O3/c1-4-35-24-16(10-18(26(35)37)14-38-5-2)9-17(12-33-24)21-11-19(13-32-15(21)3)34-25(36)20-7-6-8-22(23(20)28)27(29,30)31/h6-9,11-13,18H,4-5,10,14H2,1-3H3,(H,34,36). The maximum atomic E-state index is 14.4. The molecule has 0 fully saturated rings. The summed E-state index contributed by atoms with van der Waals surface area (Å²) in [5, 5.41) is 2.43. The first kappa shape index (κ1) is 27.2. The van der Waals surface area contributed by atoms with Gasteiger partial charge in [0.05, 0.1) is 35.5 Å². The van der Waals surface area contributed by atoms with Gasteiger partial charge in [-0.2, -0.15) is 13.2 Å². The van der Waals surface area contributed by atoms with Gasteiger partial charge in [0, 0.05) is 36.2 Å². The number of hydrogen-bond donors (Lipinski definition) is 1. The second-order valence-electron chi connectivity index (χ2n) is 8.83. The monoisotopic (exact) mass is 530 g/mol. The number of halogens is 4. The van der Waals surface area contributed by atoms with Crippen LogP contribution in [0.4, 0.5) is 29.1 Å². The van der Waals surface area contributed by atoms with E-state index in [0.29, 0.717) is 54.9 Å². The summed E-state index contributed by atoms with van der Waals surface area (Å²) >= 11 is 0. The topological polar surface area (TPSA) is 84.4 Å². The highest BCUT2D eigenvalue weighted by atomic mass is 19.4. The lowest BCUT2D eigenvalue weighted by Gasteiger charge is -2.32. The van der Waals surface area contributed by atoms with Crippen molar-refractivity contribution in [3.63, 3.8) is 0 Å². The number of aryl methyl sites for hydroxylation is 1. The largest absolute Gasteiger partial charge is 0.419 e. The van der Waals surface area contributed by atoms with E-state index in [1.54, 1.807) is 24.1 Å². The second-order valence-corrected chi connectivity index (χ2v) is 8.83. The van der Waals surface area contributed by atoms with Gasteiger partial charge in [0.15, 0.2) is 0 Å². The number of nitrogens with zero attached hydrogens (tertiary/aromatic N) is 3. The zero-order valence-corrected chi connectivity index (χ0v) is 21.0. The average molecular weight is 531 g/mol. The molecule has 7 nitrogen and oxygen atoms in total. The maximum absolute atomic E-state index is 14.4. The average Bonchev–Trinajstić information content (AvgIpc) is 2.87. The van der Waals surface area contributed by atoms with E-state index in [9.17, 15) is 27.2 Å². The molecule has 1 aromatic carbocycles. The number of carbonyl (C=O) groups excluding carboxylic acids is 2. The van der Waals surface area contributed by atoms with Crippen LogP contribution in [-0.4, -0.2) is 41.5 Å². The molecular weight excluding hydrogens is 504 g/mol. The first-order valence-electron chi connectivity index (χ1n) is 12.1. The Morgan fingerprint density at radius 3 is 2.63 bits per heavy atom. The van der Waals surface area contributed by atoms with Gasteiger partial charge in [-0.3, -0.25) is 19.5 Å². The first-order valence-corrected chi connectivity index (χ1v) is 12.1. The number of carbonyl (C=O) groups is 2. The van der Waals surface area contributed by atoms with Gasteiger partial charge in [-0.05, 0) is 57.0 Å². The SMILES string of the molecule is CCOCC1Cc2cc(-c3cc(NC(=O)c4cccc(C(F)(F)F)c4F)cnc3C)cnc2N(CC)C1=O. The number of aromatic nitrogens is 2. The number of fused-ring (bicyclic) bond motifs is 1. The van der Waals surface area contributed by atoms with Crippen LogP contribution in [0, 0.1) is 18.7 Å². The molecule has 0 saturated carbocycles. The Kier molecular flexibility index (Phi) is 7.77. The molecular formula is C27H26F4N4O3. The van der Waals surface area contributed by atoms with Crippen molar-refractivity contribution in [3.05, 3.63) is 70.9 Å². The van der Waals surface area contributed by atoms with E-state index in [-0.39, 0.29) is 17.5 Å². The van der Waals surface area contributed by atoms with Crippen molar-refractivity contribution in [2.45, 2.75) is 33.4 Å². The van der Waals surface area contributed by atoms with E-state index in [4.69, 9.17) is 4.74 Å². The van der Waals surface area contributed by atoms with Gasteiger partial charge < -0.3 is 10.1 Å². The van der Waals surface area contributed by atoms with E-state index in [1.807, 2.05) is 19.9 Å². The number of benzene rings is 1. The minimum absolute atomic E-state index is 0.0434. The Morgan fingerprint density at radius 1 is 1.18 bits per heavy atom.